The number of nitrogens with one attached hydrogen (secondary N) is 1. The molecular formula is C11H18N2O5S2. The number of thiazole rings is 1. The van der Waals surface area contributed by atoms with Crippen LogP contribution in [0, 0.1) is 0 Å². The lowest BCUT2D eigenvalue weighted by molar-refractivity contribution is -0.00514. The number of hydrogen-bond donors (Lipinski definition) is 1. The molecule has 1 heterocycles. The second-order valence-corrected chi connectivity index (χ2v) is 7.31. The van der Waals surface area contributed by atoms with Gasteiger partial charge in [0.1, 0.15) is 0 Å². The minimum absolute atomic E-state index is 0.0850. The number of aromatic nitrogens is 1. The Bertz CT molecular complexity index is 565. The first-order valence-electron chi connectivity index (χ1n) is 5.89. The third-order valence-corrected chi connectivity index (χ3v) is 5.15. The van der Waals surface area contributed by atoms with Crippen LogP contribution in [-0.2, 0) is 19.5 Å². The smallest absolute Gasteiger partial charge is 0.358 e. The maximum atomic E-state index is 12.2. The predicted molar refractivity (Wildman–Crippen MR) is 74.3 cm³/mol. The molecule has 0 unspecified atom stereocenters. The summed E-state index contributed by atoms with van der Waals surface area (Å²) in [7, 11) is -2.66. The highest BCUT2D eigenvalue weighted by Crippen LogP contribution is 2.21. The van der Waals surface area contributed by atoms with E-state index in [1.165, 1.54) is 12.6 Å². The normalized spacial score (nSPS) is 12.4. The molecule has 0 aliphatic heterocycles. The molecule has 0 spiro atoms. The predicted octanol–water partition coefficient (Wildman–Crippen LogP) is 1.02. The third kappa shape index (κ3) is 4.23. The highest BCUT2D eigenvalue weighted by Gasteiger charge is 2.28. The number of hydrogen-bond acceptors (Lipinski definition) is 7. The van der Waals surface area contributed by atoms with E-state index in [9.17, 15) is 13.2 Å². The monoisotopic (exact) mass is 322 g/mol. The molecular weight excluding hydrogens is 304 g/mol. The van der Waals surface area contributed by atoms with E-state index in [0.29, 0.717) is 6.61 Å². The van der Waals surface area contributed by atoms with Gasteiger partial charge in [-0.3, -0.25) is 0 Å². The highest BCUT2D eigenvalue weighted by molar-refractivity contribution is 7.91. The lowest BCUT2D eigenvalue weighted by Gasteiger charge is -2.24. The topological polar surface area (TPSA) is 94.6 Å². The van der Waals surface area contributed by atoms with Crippen molar-refractivity contribution in [2.24, 2.45) is 0 Å². The summed E-state index contributed by atoms with van der Waals surface area (Å²) >= 11 is 0.861. The Morgan fingerprint density at radius 2 is 2.15 bits per heavy atom. The Morgan fingerprint density at radius 1 is 1.50 bits per heavy atom. The molecule has 0 atom stereocenters. The van der Waals surface area contributed by atoms with Gasteiger partial charge < -0.3 is 9.47 Å². The highest BCUT2D eigenvalue weighted by atomic mass is 32.2. The Balaban J connectivity index is 2.90. The number of sulfonamides is 1. The first-order valence-corrected chi connectivity index (χ1v) is 8.25. The van der Waals surface area contributed by atoms with Gasteiger partial charge in [0.15, 0.2) is 9.90 Å². The van der Waals surface area contributed by atoms with E-state index >= 15 is 0 Å². The molecule has 0 aliphatic carbocycles. The fourth-order valence-corrected chi connectivity index (χ4v) is 3.81. The molecule has 1 aromatic heterocycles. The minimum atomic E-state index is -3.83. The summed E-state index contributed by atoms with van der Waals surface area (Å²) in [5, 5.41) is 0. The zero-order chi connectivity index (χ0) is 15.4. The van der Waals surface area contributed by atoms with E-state index in [0.717, 1.165) is 11.3 Å². The summed E-state index contributed by atoms with van der Waals surface area (Å²) in [5.74, 6) is -0.782. The molecule has 1 N–H and O–H groups in total. The molecule has 114 valence electrons. The Hall–Kier alpha value is -1.03. The summed E-state index contributed by atoms with van der Waals surface area (Å²) in [6, 6.07) is 0. The Labute approximate surface area is 122 Å². The van der Waals surface area contributed by atoms with Crippen LogP contribution < -0.4 is 4.72 Å². The molecule has 0 bridgehead atoms. The second-order valence-electron chi connectivity index (χ2n) is 4.50. The summed E-state index contributed by atoms with van der Waals surface area (Å²) in [6.45, 7) is 5.93. The standard InChI is InChI=1S/C11H18N2O5S2/c1-5-18-11(2,3)6-13-20(15,16)10-8(9(14)17-4)12-7-19-10/h7,13H,5-6H2,1-4H3. The van der Waals surface area contributed by atoms with Crippen molar-refractivity contribution in [1.29, 1.82) is 0 Å². The van der Waals surface area contributed by atoms with Gasteiger partial charge >= 0.3 is 5.97 Å². The van der Waals surface area contributed by atoms with Crippen LogP contribution in [0.4, 0.5) is 0 Å². The molecule has 0 saturated carbocycles. The lowest BCUT2D eigenvalue weighted by Crippen LogP contribution is -2.40. The molecule has 7 nitrogen and oxygen atoms in total. The average molecular weight is 322 g/mol. The molecule has 20 heavy (non-hydrogen) atoms. The van der Waals surface area contributed by atoms with Crippen molar-refractivity contribution in [1.82, 2.24) is 9.71 Å². The van der Waals surface area contributed by atoms with Crippen LogP contribution in [0.3, 0.4) is 0 Å². The quantitative estimate of drug-likeness (QED) is 0.753. The maximum absolute atomic E-state index is 12.2. The largest absolute Gasteiger partial charge is 0.464 e. The molecule has 0 aromatic carbocycles. The zero-order valence-electron chi connectivity index (χ0n) is 11.8. The van der Waals surface area contributed by atoms with E-state index < -0.39 is 21.6 Å². The minimum Gasteiger partial charge on any atom is -0.464 e. The Kier molecular flexibility index (Phi) is 5.63. The van der Waals surface area contributed by atoms with Gasteiger partial charge in [0.05, 0.1) is 18.2 Å². The number of esters is 1. The first kappa shape index (κ1) is 17.0. The first-order chi connectivity index (χ1) is 9.23. The van der Waals surface area contributed by atoms with Gasteiger partial charge in [-0.25, -0.2) is 22.9 Å². The number of carbonyl (C=O) groups is 1. The molecule has 1 aromatic rings. The van der Waals surface area contributed by atoms with Crippen molar-refractivity contribution in [2.75, 3.05) is 20.3 Å². The second kappa shape index (κ2) is 6.61. The van der Waals surface area contributed by atoms with Gasteiger partial charge in [0, 0.05) is 13.2 Å². The number of ether oxygens (including phenoxy) is 2. The van der Waals surface area contributed by atoms with Crippen LogP contribution in [0.5, 0.6) is 0 Å². The molecule has 1 rings (SSSR count). The zero-order valence-corrected chi connectivity index (χ0v) is 13.4. The van der Waals surface area contributed by atoms with E-state index in [4.69, 9.17) is 4.74 Å². The van der Waals surface area contributed by atoms with Gasteiger partial charge in [-0.05, 0) is 20.8 Å². The third-order valence-electron chi connectivity index (χ3n) is 2.38. The molecule has 0 amide bonds. The van der Waals surface area contributed by atoms with Crippen molar-refractivity contribution in [2.45, 2.75) is 30.6 Å². The summed E-state index contributed by atoms with van der Waals surface area (Å²) in [5.41, 5.74) is 0.436. The fraction of sp³-hybridized carbons (Fsp3) is 0.636. The number of nitrogens with zero attached hydrogens (tertiary/aromatic N) is 1. The number of methoxy groups -OCH3 is 1. The van der Waals surface area contributed by atoms with E-state index in [-0.39, 0.29) is 16.4 Å². The van der Waals surface area contributed by atoms with Crippen molar-refractivity contribution < 1.29 is 22.7 Å². The van der Waals surface area contributed by atoms with Crippen LogP contribution in [0.2, 0.25) is 0 Å². The summed E-state index contributed by atoms with van der Waals surface area (Å²) in [6.07, 6.45) is 0. The molecule has 0 aliphatic rings. The summed E-state index contributed by atoms with van der Waals surface area (Å²) < 4.78 is 36.5. The lowest BCUT2D eigenvalue weighted by atomic mass is 10.1. The van der Waals surface area contributed by atoms with Crippen LogP contribution in [0.1, 0.15) is 31.3 Å². The van der Waals surface area contributed by atoms with E-state index in [1.807, 2.05) is 6.92 Å². The van der Waals surface area contributed by atoms with Gasteiger partial charge in [-0.15, -0.1) is 11.3 Å². The van der Waals surface area contributed by atoms with Gasteiger partial charge in [0.25, 0.3) is 10.0 Å². The van der Waals surface area contributed by atoms with Crippen LogP contribution >= 0.6 is 11.3 Å². The number of carbonyl (C=O) groups excluding carboxylic acids is 1. The van der Waals surface area contributed by atoms with Gasteiger partial charge in [0.2, 0.25) is 0 Å². The fourth-order valence-electron chi connectivity index (χ4n) is 1.43. The van der Waals surface area contributed by atoms with Gasteiger partial charge in [-0.2, -0.15) is 0 Å². The van der Waals surface area contributed by atoms with Gasteiger partial charge in [-0.1, -0.05) is 0 Å². The Morgan fingerprint density at radius 3 is 2.70 bits per heavy atom. The van der Waals surface area contributed by atoms with Crippen molar-refractivity contribution >= 4 is 27.3 Å². The average Bonchev–Trinajstić information content (AvgIpc) is 2.86. The SMILES string of the molecule is CCOC(C)(C)CNS(=O)(=O)c1scnc1C(=O)OC. The molecule has 0 radical (unpaired) electrons. The van der Waals surface area contributed by atoms with Crippen molar-refractivity contribution in [3.8, 4) is 0 Å². The van der Waals surface area contributed by atoms with E-state index in [2.05, 4.69) is 14.4 Å². The van der Waals surface area contributed by atoms with Crippen molar-refractivity contribution in [3.63, 3.8) is 0 Å². The van der Waals surface area contributed by atoms with Crippen LogP contribution in [0.15, 0.2) is 9.72 Å². The van der Waals surface area contributed by atoms with E-state index in [1.54, 1.807) is 13.8 Å². The molecule has 0 fully saturated rings. The van der Waals surface area contributed by atoms with Crippen LogP contribution in [0.25, 0.3) is 0 Å². The molecule has 9 heteroatoms. The number of rotatable bonds is 7. The molecule has 0 saturated heterocycles. The maximum Gasteiger partial charge on any atom is 0.358 e. The van der Waals surface area contributed by atoms with Crippen LogP contribution in [-0.4, -0.2) is 45.2 Å². The van der Waals surface area contributed by atoms with Crippen molar-refractivity contribution in [3.05, 3.63) is 11.2 Å². The summed E-state index contributed by atoms with van der Waals surface area (Å²) in [4.78, 5) is 15.2.